The van der Waals surface area contributed by atoms with Gasteiger partial charge in [0.15, 0.2) is 0 Å². The Labute approximate surface area is 119 Å². The topological polar surface area (TPSA) is 29.5 Å². The summed E-state index contributed by atoms with van der Waals surface area (Å²) in [4.78, 5) is 13.7. The molecule has 4 heteroatoms. The fourth-order valence-corrected chi connectivity index (χ4v) is 2.41. The van der Waals surface area contributed by atoms with Gasteiger partial charge in [-0.15, -0.1) is 0 Å². The van der Waals surface area contributed by atoms with Crippen LogP contribution in [0.5, 0.6) is 0 Å². The summed E-state index contributed by atoms with van der Waals surface area (Å²) in [6, 6.07) is 4.77. The Bertz CT molecular complexity index is 472. The minimum atomic E-state index is -0.627. The first-order valence-corrected chi connectivity index (χ1v) is 7.23. The molecule has 0 amide bonds. The molecule has 1 aromatic rings. The van der Waals surface area contributed by atoms with Crippen LogP contribution in [0, 0.1) is 11.7 Å². The van der Waals surface area contributed by atoms with E-state index < -0.39 is 11.8 Å². The molecule has 0 spiro atoms. The summed E-state index contributed by atoms with van der Waals surface area (Å²) in [5.41, 5.74) is 0.907. The Morgan fingerprint density at radius 1 is 1.45 bits per heavy atom. The third-order valence-corrected chi connectivity index (χ3v) is 3.60. The summed E-state index contributed by atoms with van der Waals surface area (Å²) in [6.07, 6.45) is 3.72. The van der Waals surface area contributed by atoms with Crippen molar-refractivity contribution < 1.29 is 13.9 Å². The third kappa shape index (κ3) is 4.04. The van der Waals surface area contributed by atoms with Crippen LogP contribution in [0.25, 0.3) is 0 Å². The lowest BCUT2D eigenvalue weighted by atomic mass is 10.1. The number of carbonyl (C=O) groups excluding carboxylic acids is 1. The minimum Gasteiger partial charge on any atom is -0.465 e. The van der Waals surface area contributed by atoms with Crippen molar-refractivity contribution in [3.8, 4) is 0 Å². The molecule has 1 aliphatic rings. The quantitative estimate of drug-likeness (QED) is 0.718. The van der Waals surface area contributed by atoms with Gasteiger partial charge in [-0.2, -0.15) is 0 Å². The SMILES string of the molecule is CCCN(Cc1ccc(C(=O)OC)c(F)c1)CC1CC1. The highest BCUT2D eigenvalue weighted by Crippen LogP contribution is 2.30. The van der Waals surface area contributed by atoms with Gasteiger partial charge in [0, 0.05) is 13.1 Å². The smallest absolute Gasteiger partial charge is 0.340 e. The summed E-state index contributed by atoms with van der Waals surface area (Å²) in [5, 5.41) is 0. The fourth-order valence-electron chi connectivity index (χ4n) is 2.41. The summed E-state index contributed by atoms with van der Waals surface area (Å²) in [7, 11) is 1.26. The fraction of sp³-hybridized carbons (Fsp3) is 0.562. The first kappa shape index (κ1) is 15.0. The van der Waals surface area contributed by atoms with Crippen molar-refractivity contribution in [2.45, 2.75) is 32.7 Å². The van der Waals surface area contributed by atoms with E-state index >= 15 is 0 Å². The molecule has 0 unspecified atom stereocenters. The van der Waals surface area contributed by atoms with E-state index in [1.54, 1.807) is 0 Å². The van der Waals surface area contributed by atoms with Crippen LogP contribution >= 0.6 is 0 Å². The van der Waals surface area contributed by atoms with Crippen LogP contribution in [0.2, 0.25) is 0 Å². The van der Waals surface area contributed by atoms with Crippen LogP contribution in [0.3, 0.4) is 0 Å². The van der Waals surface area contributed by atoms with Crippen molar-refractivity contribution in [3.63, 3.8) is 0 Å². The van der Waals surface area contributed by atoms with E-state index in [4.69, 9.17) is 0 Å². The Kier molecular flexibility index (Phi) is 5.12. The molecule has 0 N–H and O–H groups in total. The van der Waals surface area contributed by atoms with Crippen molar-refractivity contribution in [2.75, 3.05) is 20.2 Å². The lowest BCUT2D eigenvalue weighted by Crippen LogP contribution is -2.26. The Morgan fingerprint density at radius 2 is 2.20 bits per heavy atom. The van der Waals surface area contributed by atoms with E-state index in [2.05, 4.69) is 16.6 Å². The summed E-state index contributed by atoms with van der Waals surface area (Å²) in [6.45, 7) is 5.01. The second-order valence-electron chi connectivity index (χ2n) is 5.48. The number of rotatable bonds is 7. The second kappa shape index (κ2) is 6.84. The molecule has 0 aromatic heterocycles. The largest absolute Gasteiger partial charge is 0.465 e. The summed E-state index contributed by atoms with van der Waals surface area (Å²) >= 11 is 0. The number of methoxy groups -OCH3 is 1. The summed E-state index contributed by atoms with van der Waals surface area (Å²) in [5.74, 6) is -0.310. The average Bonchev–Trinajstić information content (AvgIpc) is 3.22. The molecule has 1 saturated carbocycles. The molecule has 0 atom stereocenters. The van der Waals surface area contributed by atoms with E-state index in [9.17, 15) is 9.18 Å². The molecule has 1 aliphatic carbocycles. The number of hydrogen-bond donors (Lipinski definition) is 0. The first-order valence-electron chi connectivity index (χ1n) is 7.23. The molecular formula is C16H22FNO2. The zero-order valence-corrected chi connectivity index (χ0v) is 12.2. The number of benzene rings is 1. The van der Waals surface area contributed by atoms with Gasteiger partial charge in [-0.3, -0.25) is 4.90 Å². The predicted octanol–water partition coefficient (Wildman–Crippen LogP) is 3.23. The van der Waals surface area contributed by atoms with E-state index in [0.717, 1.165) is 37.5 Å². The molecule has 0 radical (unpaired) electrons. The number of carbonyl (C=O) groups is 1. The van der Waals surface area contributed by atoms with Crippen LogP contribution in [0.4, 0.5) is 4.39 Å². The standard InChI is InChI=1S/C16H22FNO2/c1-3-8-18(10-12-4-5-12)11-13-6-7-14(15(17)9-13)16(19)20-2/h6-7,9,12H,3-5,8,10-11H2,1-2H3. The van der Waals surface area contributed by atoms with Gasteiger partial charge < -0.3 is 4.74 Å². The highest BCUT2D eigenvalue weighted by atomic mass is 19.1. The molecule has 0 aliphatic heterocycles. The zero-order valence-electron chi connectivity index (χ0n) is 12.2. The van der Waals surface area contributed by atoms with Crippen molar-refractivity contribution >= 4 is 5.97 Å². The molecule has 0 bridgehead atoms. The summed E-state index contributed by atoms with van der Waals surface area (Å²) < 4.78 is 18.4. The van der Waals surface area contributed by atoms with E-state index in [-0.39, 0.29) is 5.56 Å². The van der Waals surface area contributed by atoms with Gasteiger partial charge in [0.05, 0.1) is 12.7 Å². The zero-order chi connectivity index (χ0) is 14.5. The lowest BCUT2D eigenvalue weighted by Gasteiger charge is -2.21. The highest BCUT2D eigenvalue weighted by Gasteiger charge is 2.24. The Hall–Kier alpha value is -1.42. The molecular weight excluding hydrogens is 257 g/mol. The molecule has 1 aromatic carbocycles. The predicted molar refractivity (Wildman–Crippen MR) is 76.0 cm³/mol. The van der Waals surface area contributed by atoms with Gasteiger partial charge in [0.25, 0.3) is 0 Å². The van der Waals surface area contributed by atoms with E-state index in [1.165, 1.54) is 32.1 Å². The molecule has 1 fully saturated rings. The minimum absolute atomic E-state index is 0.000449. The maximum Gasteiger partial charge on any atom is 0.340 e. The second-order valence-corrected chi connectivity index (χ2v) is 5.48. The maximum atomic E-state index is 13.9. The molecule has 0 saturated heterocycles. The van der Waals surface area contributed by atoms with Gasteiger partial charge in [0.2, 0.25) is 0 Å². The number of hydrogen-bond acceptors (Lipinski definition) is 3. The number of nitrogens with zero attached hydrogens (tertiary/aromatic N) is 1. The Balaban J connectivity index is 2.03. The van der Waals surface area contributed by atoms with Crippen molar-refractivity contribution in [2.24, 2.45) is 5.92 Å². The van der Waals surface area contributed by atoms with Crippen LogP contribution in [-0.4, -0.2) is 31.1 Å². The highest BCUT2D eigenvalue weighted by molar-refractivity contribution is 5.89. The van der Waals surface area contributed by atoms with Gasteiger partial charge >= 0.3 is 5.97 Å². The maximum absolute atomic E-state index is 13.9. The molecule has 2 rings (SSSR count). The van der Waals surface area contributed by atoms with Crippen molar-refractivity contribution in [1.82, 2.24) is 4.90 Å². The van der Waals surface area contributed by atoms with Gasteiger partial charge in [-0.25, -0.2) is 9.18 Å². The van der Waals surface area contributed by atoms with Crippen molar-refractivity contribution in [3.05, 3.63) is 35.1 Å². The third-order valence-electron chi connectivity index (χ3n) is 3.60. The first-order chi connectivity index (χ1) is 9.63. The number of esters is 1. The van der Waals surface area contributed by atoms with Crippen molar-refractivity contribution in [1.29, 1.82) is 0 Å². The number of halogens is 1. The van der Waals surface area contributed by atoms with Crippen LogP contribution in [0.1, 0.15) is 42.1 Å². The van der Waals surface area contributed by atoms with Gasteiger partial charge in [-0.05, 0) is 49.4 Å². The van der Waals surface area contributed by atoms with Crippen LogP contribution in [0.15, 0.2) is 18.2 Å². The molecule has 3 nitrogen and oxygen atoms in total. The average molecular weight is 279 g/mol. The van der Waals surface area contributed by atoms with E-state index in [0.29, 0.717) is 0 Å². The van der Waals surface area contributed by atoms with Gasteiger partial charge in [-0.1, -0.05) is 13.0 Å². The Morgan fingerprint density at radius 3 is 2.75 bits per heavy atom. The molecule has 110 valence electrons. The monoisotopic (exact) mass is 279 g/mol. The number of ether oxygens (including phenoxy) is 1. The lowest BCUT2D eigenvalue weighted by molar-refractivity contribution is 0.0595. The molecule has 0 heterocycles. The molecule has 20 heavy (non-hydrogen) atoms. The van der Waals surface area contributed by atoms with Crippen LogP contribution < -0.4 is 0 Å². The normalized spacial score (nSPS) is 14.6. The van der Waals surface area contributed by atoms with E-state index in [1.807, 2.05) is 6.07 Å². The van der Waals surface area contributed by atoms with Crippen LogP contribution in [-0.2, 0) is 11.3 Å². The van der Waals surface area contributed by atoms with Gasteiger partial charge in [0.1, 0.15) is 5.82 Å².